The van der Waals surface area contributed by atoms with E-state index in [0.29, 0.717) is 19.8 Å². The quantitative estimate of drug-likeness (QED) is 0.571. The number of nitrogens with one attached hydrogen (secondary N) is 1. The summed E-state index contributed by atoms with van der Waals surface area (Å²) >= 11 is 0. The summed E-state index contributed by atoms with van der Waals surface area (Å²) in [5.74, 6) is 0. The molecule has 1 saturated heterocycles. The number of nitro groups is 1. The van der Waals surface area contributed by atoms with Gasteiger partial charge in [-0.15, -0.1) is 0 Å². The molecule has 1 aliphatic rings. The van der Waals surface area contributed by atoms with Gasteiger partial charge in [0.05, 0.1) is 18.1 Å². The Hall–Kier alpha value is -2.33. The van der Waals surface area contributed by atoms with Gasteiger partial charge in [0.2, 0.25) is 10.0 Å². The molecule has 0 radical (unpaired) electrons. The van der Waals surface area contributed by atoms with Gasteiger partial charge in [-0.3, -0.25) is 15.0 Å². The summed E-state index contributed by atoms with van der Waals surface area (Å²) in [4.78, 5) is 12.3. The number of rotatable bonds is 7. The molecule has 9 heteroatoms. The minimum Gasteiger partial charge on any atom is -0.379 e. The summed E-state index contributed by atoms with van der Waals surface area (Å²) in [6, 6.07) is 12.9. The number of hydrogen-bond donors (Lipinski definition) is 1. The maximum absolute atomic E-state index is 12.6. The molecular formula is C18H21N3O5S. The molecule has 1 aliphatic heterocycles. The van der Waals surface area contributed by atoms with Gasteiger partial charge in [0.1, 0.15) is 0 Å². The van der Waals surface area contributed by atoms with Crippen LogP contribution in [0.5, 0.6) is 0 Å². The number of benzene rings is 2. The van der Waals surface area contributed by atoms with E-state index in [2.05, 4.69) is 9.62 Å². The molecule has 0 bridgehead atoms. The van der Waals surface area contributed by atoms with Crippen LogP contribution in [0.15, 0.2) is 53.4 Å². The van der Waals surface area contributed by atoms with Crippen molar-refractivity contribution in [2.24, 2.45) is 0 Å². The van der Waals surface area contributed by atoms with Crippen LogP contribution in [0.3, 0.4) is 0 Å². The zero-order valence-electron chi connectivity index (χ0n) is 14.7. The summed E-state index contributed by atoms with van der Waals surface area (Å²) in [6.45, 7) is 3.80. The molecule has 0 saturated carbocycles. The Bertz CT molecular complexity index is 911. The third-order valence-electron chi connectivity index (χ3n) is 4.42. The minimum atomic E-state index is -4.01. The van der Waals surface area contributed by atoms with E-state index in [0.717, 1.165) is 24.2 Å². The summed E-state index contributed by atoms with van der Waals surface area (Å²) in [5, 5.41) is 11.1. The molecule has 1 N–H and O–H groups in total. The molecule has 8 nitrogen and oxygen atoms in total. The maximum Gasteiger partial charge on any atom is 0.289 e. The fourth-order valence-electron chi connectivity index (χ4n) is 2.97. The van der Waals surface area contributed by atoms with E-state index in [1.807, 2.05) is 24.3 Å². The van der Waals surface area contributed by atoms with Crippen LogP contribution < -0.4 is 4.72 Å². The second-order valence-corrected chi connectivity index (χ2v) is 7.94. The number of nitrogens with zero attached hydrogens (tertiary/aromatic N) is 2. The molecule has 1 heterocycles. The lowest BCUT2D eigenvalue weighted by molar-refractivity contribution is -0.387. The van der Waals surface area contributed by atoms with Crippen molar-refractivity contribution in [1.29, 1.82) is 0 Å². The van der Waals surface area contributed by atoms with Crippen molar-refractivity contribution >= 4 is 15.7 Å². The van der Waals surface area contributed by atoms with Gasteiger partial charge in [0.15, 0.2) is 4.90 Å². The fourth-order valence-corrected chi connectivity index (χ4v) is 4.15. The van der Waals surface area contributed by atoms with Crippen LogP contribution in [0.1, 0.15) is 11.1 Å². The molecular weight excluding hydrogens is 370 g/mol. The van der Waals surface area contributed by atoms with Crippen molar-refractivity contribution in [2.45, 2.75) is 18.0 Å². The number of morpholine rings is 1. The van der Waals surface area contributed by atoms with Gasteiger partial charge in [-0.25, -0.2) is 13.1 Å². The SMILES string of the molecule is O=[N+]([O-])c1ccccc1S(=O)(=O)NCc1ccccc1CN1CCOCC1. The second kappa shape index (κ2) is 8.57. The number of ether oxygens (including phenoxy) is 1. The van der Waals surface area contributed by atoms with Gasteiger partial charge in [0.25, 0.3) is 5.69 Å². The molecule has 0 atom stereocenters. The molecule has 2 aromatic rings. The van der Waals surface area contributed by atoms with Crippen LogP contribution in [-0.4, -0.2) is 44.5 Å². The lowest BCUT2D eigenvalue weighted by atomic mass is 10.1. The average molecular weight is 391 g/mol. The number of para-hydroxylation sites is 1. The van der Waals surface area contributed by atoms with E-state index in [-0.39, 0.29) is 11.4 Å². The predicted octanol–water partition coefficient (Wildman–Crippen LogP) is 1.91. The monoisotopic (exact) mass is 391 g/mol. The molecule has 0 aromatic heterocycles. The van der Waals surface area contributed by atoms with E-state index < -0.39 is 20.6 Å². The molecule has 3 rings (SSSR count). The molecule has 1 fully saturated rings. The largest absolute Gasteiger partial charge is 0.379 e. The highest BCUT2D eigenvalue weighted by Crippen LogP contribution is 2.23. The third-order valence-corrected chi connectivity index (χ3v) is 5.87. The lowest BCUT2D eigenvalue weighted by Gasteiger charge is -2.27. The first-order valence-electron chi connectivity index (χ1n) is 8.57. The van der Waals surface area contributed by atoms with Crippen molar-refractivity contribution in [2.75, 3.05) is 26.3 Å². The normalized spacial score (nSPS) is 15.6. The van der Waals surface area contributed by atoms with Crippen molar-refractivity contribution in [3.05, 3.63) is 69.8 Å². The Morgan fingerprint density at radius 1 is 1.04 bits per heavy atom. The van der Waals surface area contributed by atoms with Gasteiger partial charge in [0, 0.05) is 32.2 Å². The first-order chi connectivity index (χ1) is 13.0. The first kappa shape index (κ1) is 19.4. The predicted molar refractivity (Wildman–Crippen MR) is 99.7 cm³/mol. The smallest absolute Gasteiger partial charge is 0.289 e. The zero-order valence-corrected chi connectivity index (χ0v) is 15.5. The molecule has 0 amide bonds. The van der Waals surface area contributed by atoms with Gasteiger partial charge in [-0.05, 0) is 17.2 Å². The molecule has 0 unspecified atom stereocenters. The molecule has 0 spiro atoms. The Balaban J connectivity index is 1.76. The highest BCUT2D eigenvalue weighted by Gasteiger charge is 2.25. The highest BCUT2D eigenvalue weighted by atomic mass is 32.2. The Labute approximate surface area is 158 Å². The standard InChI is InChI=1S/C18H21N3O5S/c22-21(23)17-7-3-4-8-18(17)27(24,25)19-13-15-5-1-2-6-16(15)14-20-9-11-26-12-10-20/h1-8,19H,9-14H2. The van der Waals surface area contributed by atoms with E-state index in [4.69, 9.17) is 4.74 Å². The molecule has 0 aliphatic carbocycles. The van der Waals surface area contributed by atoms with Crippen LogP contribution in [0.2, 0.25) is 0 Å². The third kappa shape index (κ3) is 4.89. The number of nitro benzene ring substituents is 1. The van der Waals surface area contributed by atoms with Crippen molar-refractivity contribution < 1.29 is 18.1 Å². The highest BCUT2D eigenvalue weighted by molar-refractivity contribution is 7.89. The van der Waals surface area contributed by atoms with Crippen LogP contribution >= 0.6 is 0 Å². The van der Waals surface area contributed by atoms with Crippen LogP contribution in [0.4, 0.5) is 5.69 Å². The molecule has 27 heavy (non-hydrogen) atoms. The van der Waals surface area contributed by atoms with Crippen LogP contribution in [0.25, 0.3) is 0 Å². The van der Waals surface area contributed by atoms with Gasteiger partial charge < -0.3 is 4.74 Å². The van der Waals surface area contributed by atoms with Crippen molar-refractivity contribution in [3.63, 3.8) is 0 Å². The van der Waals surface area contributed by atoms with Gasteiger partial charge >= 0.3 is 0 Å². The summed E-state index contributed by atoms with van der Waals surface area (Å²) in [7, 11) is -4.01. The summed E-state index contributed by atoms with van der Waals surface area (Å²) in [6.07, 6.45) is 0. The van der Waals surface area contributed by atoms with Gasteiger partial charge in [-0.2, -0.15) is 0 Å². The number of hydrogen-bond acceptors (Lipinski definition) is 6. The van der Waals surface area contributed by atoms with E-state index >= 15 is 0 Å². The summed E-state index contributed by atoms with van der Waals surface area (Å²) < 4.78 is 33.0. The maximum atomic E-state index is 12.6. The number of sulfonamides is 1. The molecule has 144 valence electrons. The van der Waals surface area contributed by atoms with Crippen LogP contribution in [-0.2, 0) is 27.8 Å². The summed E-state index contributed by atoms with van der Waals surface area (Å²) in [5.41, 5.74) is 1.42. The Kier molecular flexibility index (Phi) is 6.17. The van der Waals surface area contributed by atoms with E-state index in [9.17, 15) is 18.5 Å². The average Bonchev–Trinajstić information content (AvgIpc) is 2.68. The molecule has 2 aromatic carbocycles. The topological polar surface area (TPSA) is 102 Å². The lowest BCUT2D eigenvalue weighted by Crippen LogP contribution is -2.36. The Morgan fingerprint density at radius 2 is 1.67 bits per heavy atom. The van der Waals surface area contributed by atoms with Crippen molar-refractivity contribution in [3.8, 4) is 0 Å². The van der Waals surface area contributed by atoms with E-state index in [1.165, 1.54) is 24.3 Å². The van der Waals surface area contributed by atoms with Crippen molar-refractivity contribution in [1.82, 2.24) is 9.62 Å². The Morgan fingerprint density at radius 3 is 2.37 bits per heavy atom. The minimum absolute atomic E-state index is 0.0644. The second-order valence-electron chi connectivity index (χ2n) is 6.21. The fraction of sp³-hybridized carbons (Fsp3) is 0.333. The zero-order chi connectivity index (χ0) is 19.3. The van der Waals surface area contributed by atoms with E-state index in [1.54, 1.807) is 0 Å². The van der Waals surface area contributed by atoms with Crippen LogP contribution in [0, 0.1) is 10.1 Å². The first-order valence-corrected chi connectivity index (χ1v) is 10.1. The van der Waals surface area contributed by atoms with Gasteiger partial charge in [-0.1, -0.05) is 36.4 Å².